The summed E-state index contributed by atoms with van der Waals surface area (Å²) in [7, 11) is 0. The van der Waals surface area contributed by atoms with E-state index in [0.29, 0.717) is 45.3 Å². The summed E-state index contributed by atoms with van der Waals surface area (Å²) in [6.07, 6.45) is 5.21. The van der Waals surface area contributed by atoms with Gasteiger partial charge in [0.15, 0.2) is 12.5 Å². The molecule has 1 aliphatic carbocycles. The van der Waals surface area contributed by atoms with Gasteiger partial charge in [-0.1, -0.05) is 69.5 Å². The number of carbonyl (C=O) groups excluding carboxylic acids is 2. The van der Waals surface area contributed by atoms with Crippen LogP contribution in [-0.2, 0) is 4.79 Å². The molecule has 1 atom stereocenters. The number of carbonyl (C=O) groups is 2. The summed E-state index contributed by atoms with van der Waals surface area (Å²) in [5.41, 5.74) is 2.12. The van der Waals surface area contributed by atoms with E-state index in [0.717, 1.165) is 44.1 Å². The van der Waals surface area contributed by atoms with Crippen molar-refractivity contribution in [1.82, 2.24) is 10.2 Å². The van der Waals surface area contributed by atoms with Crippen LogP contribution in [0.4, 0.5) is 0 Å². The Labute approximate surface area is 257 Å². The Kier molecular flexibility index (Phi) is 8.86. The molecule has 1 saturated carbocycles. The lowest BCUT2D eigenvalue weighted by Gasteiger charge is -2.47. The zero-order valence-electron chi connectivity index (χ0n) is 24.7. The minimum absolute atomic E-state index is 0.102. The lowest BCUT2D eigenvalue weighted by Crippen LogP contribution is -2.51. The number of hydrogen-bond acceptors (Lipinski definition) is 6. The first kappa shape index (κ1) is 30.4. The van der Waals surface area contributed by atoms with Gasteiger partial charge in [-0.05, 0) is 79.3 Å². The van der Waals surface area contributed by atoms with Crippen molar-refractivity contribution in [1.29, 1.82) is 0 Å². The summed E-state index contributed by atoms with van der Waals surface area (Å²) in [4.78, 5) is 38.5. The molecular weight excluding hydrogens is 571 g/mol. The van der Waals surface area contributed by atoms with Crippen LogP contribution >= 0.6 is 23.2 Å². The summed E-state index contributed by atoms with van der Waals surface area (Å²) in [6, 6.07) is 12.5. The second-order valence-electron chi connectivity index (χ2n) is 12.5. The molecule has 0 radical (unpaired) electrons. The number of rotatable bonds is 8. The number of nitrogens with one attached hydrogen (secondary N) is 1. The van der Waals surface area contributed by atoms with Crippen LogP contribution in [0.3, 0.4) is 0 Å². The highest BCUT2D eigenvalue weighted by Gasteiger charge is 2.52. The molecule has 1 spiro atoms. The third-order valence-corrected chi connectivity index (χ3v) is 9.11. The van der Waals surface area contributed by atoms with Crippen molar-refractivity contribution in [2.45, 2.75) is 77.9 Å². The molecule has 5 rings (SSSR count). The summed E-state index contributed by atoms with van der Waals surface area (Å²) in [6.45, 7) is 9.54. The van der Waals surface area contributed by atoms with Crippen LogP contribution in [0.5, 0.6) is 0 Å². The number of amides is 2. The predicted molar refractivity (Wildman–Crippen MR) is 168 cm³/mol. The van der Waals surface area contributed by atoms with Crippen molar-refractivity contribution in [2.75, 3.05) is 13.2 Å². The fraction of sp³-hybridized carbons (Fsp3) is 0.500. The van der Waals surface area contributed by atoms with E-state index in [1.807, 2.05) is 29.2 Å². The third kappa shape index (κ3) is 6.30. The molecule has 222 valence electrons. The number of benzene rings is 2. The Morgan fingerprint density at radius 1 is 1.10 bits per heavy atom. The standard InChI is InChI=1S/C32H38Cl2N6O2/c1-5-6-26(20-7-9-21(10-8-20)29(41)35-18-27-36-19-37-39-27)40-30(42)28(22-15-24(33)17-25(34)16-22)38-32(40)13-11-23(12-14-32)31(2,3)4/h7-10,15-17,23,26H,5-6,11-14,18-19H2,1-4H3,(H,35,41)/t23?,26-,32?/m1/s1. The molecule has 2 aromatic rings. The van der Waals surface area contributed by atoms with E-state index in [1.54, 1.807) is 18.2 Å². The van der Waals surface area contributed by atoms with E-state index in [2.05, 4.69) is 48.2 Å². The molecule has 0 bridgehead atoms. The Hall–Kier alpha value is -3.10. The first-order chi connectivity index (χ1) is 20.0. The molecule has 2 amide bonds. The topological polar surface area (TPSA) is 98.9 Å². The summed E-state index contributed by atoms with van der Waals surface area (Å²) < 4.78 is 0. The molecule has 42 heavy (non-hydrogen) atoms. The third-order valence-electron chi connectivity index (χ3n) is 8.68. The van der Waals surface area contributed by atoms with Crippen molar-refractivity contribution in [3.63, 3.8) is 0 Å². The van der Waals surface area contributed by atoms with Gasteiger partial charge < -0.3 is 10.2 Å². The van der Waals surface area contributed by atoms with Crippen LogP contribution in [-0.4, -0.2) is 47.1 Å². The van der Waals surface area contributed by atoms with Gasteiger partial charge in [0.2, 0.25) is 0 Å². The molecule has 3 aliphatic rings. The average Bonchev–Trinajstić information content (AvgIpc) is 3.56. The summed E-state index contributed by atoms with van der Waals surface area (Å²) in [5.74, 6) is 0.753. The fourth-order valence-electron chi connectivity index (χ4n) is 6.41. The van der Waals surface area contributed by atoms with Gasteiger partial charge in [-0.25, -0.2) is 4.99 Å². The van der Waals surface area contributed by atoms with Crippen molar-refractivity contribution in [3.8, 4) is 0 Å². The van der Waals surface area contributed by atoms with Gasteiger partial charge in [0.1, 0.15) is 11.4 Å². The van der Waals surface area contributed by atoms with Gasteiger partial charge in [-0.15, -0.1) is 5.11 Å². The Morgan fingerprint density at radius 2 is 1.76 bits per heavy atom. The second kappa shape index (κ2) is 12.3. The Balaban J connectivity index is 1.46. The van der Waals surface area contributed by atoms with Gasteiger partial charge in [-0.2, -0.15) is 5.11 Å². The Bertz CT molecular complexity index is 1420. The average molecular weight is 610 g/mol. The normalized spacial score (nSPS) is 22.9. The molecule has 1 N–H and O–H groups in total. The predicted octanol–water partition coefficient (Wildman–Crippen LogP) is 7.65. The molecular formula is C32H38Cl2N6O2. The zero-order chi connectivity index (χ0) is 30.1. The molecule has 2 heterocycles. The highest BCUT2D eigenvalue weighted by atomic mass is 35.5. The molecule has 2 aromatic carbocycles. The van der Waals surface area contributed by atoms with Crippen LogP contribution in [0.1, 0.15) is 93.7 Å². The summed E-state index contributed by atoms with van der Waals surface area (Å²) in [5, 5.41) is 11.5. The minimum Gasteiger partial charge on any atom is -0.345 e. The molecule has 10 heteroatoms. The molecule has 8 nitrogen and oxygen atoms in total. The highest BCUT2D eigenvalue weighted by Crippen LogP contribution is 2.50. The van der Waals surface area contributed by atoms with Crippen LogP contribution in [0, 0.1) is 11.3 Å². The lowest BCUT2D eigenvalue weighted by molar-refractivity contribution is -0.133. The van der Waals surface area contributed by atoms with Crippen LogP contribution in [0.15, 0.2) is 62.7 Å². The van der Waals surface area contributed by atoms with E-state index < -0.39 is 5.66 Å². The quantitative estimate of drug-likeness (QED) is 0.333. The molecule has 0 unspecified atom stereocenters. The van der Waals surface area contributed by atoms with Gasteiger partial charge in [0.25, 0.3) is 11.8 Å². The minimum atomic E-state index is -0.643. The monoisotopic (exact) mass is 608 g/mol. The number of halogens is 2. The number of aliphatic imine (C=N–C) groups is 2. The maximum atomic E-state index is 14.4. The van der Waals surface area contributed by atoms with Gasteiger partial charge in [-0.3, -0.25) is 14.6 Å². The van der Waals surface area contributed by atoms with Crippen molar-refractivity contribution in [3.05, 3.63) is 69.2 Å². The van der Waals surface area contributed by atoms with Crippen molar-refractivity contribution in [2.24, 2.45) is 31.5 Å². The van der Waals surface area contributed by atoms with Crippen LogP contribution < -0.4 is 5.32 Å². The zero-order valence-corrected chi connectivity index (χ0v) is 26.2. The molecule has 0 saturated heterocycles. The highest BCUT2D eigenvalue weighted by molar-refractivity contribution is 6.47. The Morgan fingerprint density at radius 3 is 2.33 bits per heavy atom. The molecule has 2 aliphatic heterocycles. The smallest absolute Gasteiger partial charge is 0.275 e. The largest absolute Gasteiger partial charge is 0.345 e. The maximum Gasteiger partial charge on any atom is 0.275 e. The van der Waals surface area contributed by atoms with Gasteiger partial charge >= 0.3 is 0 Å². The van der Waals surface area contributed by atoms with Gasteiger partial charge in [0, 0.05) is 21.2 Å². The number of hydrogen-bond donors (Lipinski definition) is 1. The van der Waals surface area contributed by atoms with E-state index in [9.17, 15) is 9.59 Å². The van der Waals surface area contributed by atoms with E-state index >= 15 is 0 Å². The van der Waals surface area contributed by atoms with Crippen molar-refractivity contribution >= 4 is 46.6 Å². The van der Waals surface area contributed by atoms with Crippen LogP contribution in [0.25, 0.3) is 0 Å². The van der Waals surface area contributed by atoms with Crippen molar-refractivity contribution < 1.29 is 9.59 Å². The second-order valence-corrected chi connectivity index (χ2v) is 13.4. The number of azo groups is 1. The fourth-order valence-corrected chi connectivity index (χ4v) is 6.93. The van der Waals surface area contributed by atoms with Crippen LogP contribution in [0.2, 0.25) is 10.0 Å². The number of nitrogens with zero attached hydrogens (tertiary/aromatic N) is 5. The SMILES string of the molecule is CCC[C@H](c1ccc(C(=O)NCC2=NCN=N2)cc1)N1C(=O)C(c2cc(Cl)cc(Cl)c2)=NC12CCC(C(C)(C)C)CC2. The number of amidine groups is 1. The van der Waals surface area contributed by atoms with E-state index in [1.165, 1.54) is 0 Å². The molecule has 0 aromatic heterocycles. The van der Waals surface area contributed by atoms with E-state index in [-0.39, 0.29) is 29.8 Å². The van der Waals surface area contributed by atoms with E-state index in [4.69, 9.17) is 28.2 Å². The maximum absolute atomic E-state index is 14.4. The van der Waals surface area contributed by atoms with Gasteiger partial charge in [0.05, 0.1) is 12.6 Å². The first-order valence-corrected chi connectivity index (χ1v) is 15.5. The lowest BCUT2D eigenvalue weighted by atomic mass is 9.69. The molecule has 1 fully saturated rings. The first-order valence-electron chi connectivity index (χ1n) is 14.7. The summed E-state index contributed by atoms with van der Waals surface area (Å²) >= 11 is 12.7.